The fraction of sp³-hybridized carbons (Fsp3) is 0.300. The number of methoxy groups -OCH3 is 1. The van der Waals surface area contributed by atoms with E-state index in [4.69, 9.17) is 4.74 Å². The lowest BCUT2D eigenvalue weighted by Crippen LogP contribution is -2.14. The van der Waals surface area contributed by atoms with Gasteiger partial charge in [0.15, 0.2) is 5.13 Å². The van der Waals surface area contributed by atoms with Gasteiger partial charge in [0.1, 0.15) is 16.8 Å². The topological polar surface area (TPSA) is 87.9 Å². The van der Waals surface area contributed by atoms with E-state index >= 15 is 0 Å². The van der Waals surface area contributed by atoms with Gasteiger partial charge in [0.05, 0.1) is 28.6 Å². The molecule has 28 heavy (non-hydrogen) atoms. The number of anilines is 1. The highest BCUT2D eigenvalue weighted by Crippen LogP contribution is 2.30. The molecule has 2 aromatic heterocycles. The SMILES string of the molecule is COc1ccc2nc(NC(=O)CSc3nc4c(cc3C#N)CCCC4)sc2c1. The standard InChI is InChI=1S/C20H18N4O2S2/c1-26-14-6-7-16-17(9-14)28-20(23-16)24-18(25)11-27-19-13(10-21)8-12-4-2-3-5-15(12)22-19/h6-9H,2-5,11H2,1H3,(H,23,24,25). The lowest BCUT2D eigenvalue weighted by Gasteiger charge is -2.16. The van der Waals surface area contributed by atoms with Crippen LogP contribution < -0.4 is 10.1 Å². The monoisotopic (exact) mass is 410 g/mol. The minimum atomic E-state index is -0.167. The summed E-state index contributed by atoms with van der Waals surface area (Å²) in [4.78, 5) is 21.5. The number of fused-ring (bicyclic) bond motifs is 2. The molecule has 1 aromatic carbocycles. The molecule has 0 saturated heterocycles. The van der Waals surface area contributed by atoms with Crippen LogP contribution in [0.1, 0.15) is 29.7 Å². The Hall–Kier alpha value is -2.63. The van der Waals surface area contributed by atoms with Gasteiger partial charge in [-0.15, -0.1) is 0 Å². The summed E-state index contributed by atoms with van der Waals surface area (Å²) in [5.41, 5.74) is 3.59. The Morgan fingerprint density at radius 2 is 2.18 bits per heavy atom. The van der Waals surface area contributed by atoms with Crippen LogP contribution in [0.5, 0.6) is 5.75 Å². The van der Waals surface area contributed by atoms with E-state index < -0.39 is 0 Å². The van der Waals surface area contributed by atoms with E-state index in [1.54, 1.807) is 7.11 Å². The quantitative estimate of drug-likeness (QED) is 0.635. The van der Waals surface area contributed by atoms with Gasteiger partial charge in [0.25, 0.3) is 0 Å². The van der Waals surface area contributed by atoms with Crippen LogP contribution in [0.25, 0.3) is 10.2 Å². The average molecular weight is 411 g/mol. The van der Waals surface area contributed by atoms with E-state index in [1.165, 1.54) is 28.7 Å². The second-order valence-corrected chi connectivity index (χ2v) is 8.45. The third-order valence-corrected chi connectivity index (χ3v) is 6.49. The van der Waals surface area contributed by atoms with Crippen molar-refractivity contribution in [3.05, 3.63) is 41.1 Å². The highest BCUT2D eigenvalue weighted by atomic mass is 32.2. The molecule has 1 aliphatic rings. The minimum Gasteiger partial charge on any atom is -0.497 e. The van der Waals surface area contributed by atoms with Gasteiger partial charge in [-0.3, -0.25) is 4.79 Å². The van der Waals surface area contributed by atoms with Gasteiger partial charge in [-0.25, -0.2) is 9.97 Å². The predicted molar refractivity (Wildman–Crippen MR) is 111 cm³/mol. The number of benzene rings is 1. The number of pyridine rings is 1. The normalized spacial score (nSPS) is 13.0. The van der Waals surface area contributed by atoms with Crippen molar-refractivity contribution in [3.63, 3.8) is 0 Å². The van der Waals surface area contributed by atoms with Crippen molar-refractivity contribution in [2.45, 2.75) is 30.7 Å². The number of thioether (sulfide) groups is 1. The number of carbonyl (C=O) groups excluding carboxylic acids is 1. The molecule has 0 aliphatic heterocycles. The smallest absolute Gasteiger partial charge is 0.236 e. The van der Waals surface area contributed by atoms with E-state index in [0.717, 1.165) is 47.3 Å². The first-order valence-corrected chi connectivity index (χ1v) is 10.8. The maximum Gasteiger partial charge on any atom is 0.236 e. The molecule has 1 amide bonds. The third kappa shape index (κ3) is 3.96. The number of nitrogens with zero attached hydrogens (tertiary/aromatic N) is 3. The van der Waals surface area contributed by atoms with E-state index in [2.05, 4.69) is 21.4 Å². The fourth-order valence-corrected chi connectivity index (χ4v) is 4.86. The zero-order valence-corrected chi connectivity index (χ0v) is 17.0. The lowest BCUT2D eigenvalue weighted by atomic mass is 9.95. The van der Waals surface area contributed by atoms with Crippen LogP contribution >= 0.6 is 23.1 Å². The van der Waals surface area contributed by atoms with Crippen LogP contribution in [0.3, 0.4) is 0 Å². The van der Waals surface area contributed by atoms with Gasteiger partial charge in [0.2, 0.25) is 5.91 Å². The molecule has 6 nitrogen and oxygen atoms in total. The van der Waals surface area contributed by atoms with Gasteiger partial charge in [-0.1, -0.05) is 23.1 Å². The summed E-state index contributed by atoms with van der Waals surface area (Å²) in [5.74, 6) is 0.770. The molecule has 0 saturated carbocycles. The zero-order chi connectivity index (χ0) is 19.5. The molecule has 142 valence electrons. The molecule has 1 N–H and O–H groups in total. The molecule has 8 heteroatoms. The summed E-state index contributed by atoms with van der Waals surface area (Å²) in [5, 5.41) is 13.4. The van der Waals surface area contributed by atoms with Crippen molar-refractivity contribution < 1.29 is 9.53 Å². The van der Waals surface area contributed by atoms with Crippen molar-refractivity contribution in [1.29, 1.82) is 5.26 Å². The zero-order valence-electron chi connectivity index (χ0n) is 15.3. The maximum atomic E-state index is 12.4. The van der Waals surface area contributed by atoms with Crippen LogP contribution in [-0.4, -0.2) is 28.7 Å². The number of aryl methyl sites for hydroxylation is 2. The summed E-state index contributed by atoms with van der Waals surface area (Å²) in [6.07, 6.45) is 4.18. The van der Waals surface area contributed by atoms with Crippen LogP contribution in [0.15, 0.2) is 29.3 Å². The van der Waals surface area contributed by atoms with Gasteiger partial charge in [0, 0.05) is 5.69 Å². The van der Waals surface area contributed by atoms with Crippen molar-refractivity contribution >= 4 is 44.4 Å². The van der Waals surface area contributed by atoms with Crippen LogP contribution in [-0.2, 0) is 17.6 Å². The van der Waals surface area contributed by atoms with E-state index in [-0.39, 0.29) is 11.7 Å². The molecule has 0 fully saturated rings. The Balaban J connectivity index is 1.44. The largest absolute Gasteiger partial charge is 0.497 e. The Labute approximate surface area is 171 Å². The first-order chi connectivity index (χ1) is 13.7. The van der Waals surface area contributed by atoms with Crippen molar-refractivity contribution in [3.8, 4) is 11.8 Å². The average Bonchev–Trinajstić information content (AvgIpc) is 3.12. The molecule has 0 spiro atoms. The van der Waals surface area contributed by atoms with E-state index in [9.17, 15) is 10.1 Å². The third-order valence-electron chi connectivity index (χ3n) is 4.57. The van der Waals surface area contributed by atoms with Gasteiger partial charge >= 0.3 is 0 Å². The number of ether oxygens (including phenoxy) is 1. The van der Waals surface area contributed by atoms with Crippen molar-refractivity contribution in [2.24, 2.45) is 0 Å². The van der Waals surface area contributed by atoms with Crippen molar-refractivity contribution in [1.82, 2.24) is 9.97 Å². The Kier molecular flexibility index (Phi) is 5.46. The summed E-state index contributed by atoms with van der Waals surface area (Å²) < 4.78 is 6.17. The van der Waals surface area contributed by atoms with Crippen LogP contribution in [0.2, 0.25) is 0 Å². The number of carbonyl (C=O) groups is 1. The molecular weight excluding hydrogens is 392 g/mol. The number of thiazole rings is 1. The van der Waals surface area contributed by atoms with Crippen LogP contribution in [0, 0.1) is 11.3 Å². The Bertz CT molecular complexity index is 1090. The first-order valence-electron chi connectivity index (χ1n) is 8.96. The highest BCUT2D eigenvalue weighted by Gasteiger charge is 2.17. The molecule has 1 aliphatic carbocycles. The number of hydrogen-bond donors (Lipinski definition) is 1. The Morgan fingerprint density at radius 1 is 1.32 bits per heavy atom. The van der Waals surface area contributed by atoms with E-state index in [0.29, 0.717) is 15.7 Å². The molecule has 0 unspecified atom stereocenters. The van der Waals surface area contributed by atoms with E-state index in [1.807, 2.05) is 24.3 Å². The van der Waals surface area contributed by atoms with Crippen LogP contribution in [0.4, 0.5) is 5.13 Å². The predicted octanol–water partition coefficient (Wildman–Crippen LogP) is 4.18. The number of nitriles is 1. The second-order valence-electron chi connectivity index (χ2n) is 6.46. The Morgan fingerprint density at radius 3 is 3.00 bits per heavy atom. The molecule has 4 rings (SSSR count). The summed E-state index contributed by atoms with van der Waals surface area (Å²) in [6.45, 7) is 0. The molecule has 2 heterocycles. The number of amides is 1. The molecule has 3 aromatic rings. The fourth-order valence-electron chi connectivity index (χ4n) is 3.18. The number of nitrogens with one attached hydrogen (secondary N) is 1. The second kappa shape index (κ2) is 8.17. The van der Waals surface area contributed by atoms with Gasteiger partial charge in [-0.2, -0.15) is 5.26 Å². The lowest BCUT2D eigenvalue weighted by molar-refractivity contribution is -0.113. The van der Waals surface area contributed by atoms with Gasteiger partial charge < -0.3 is 10.1 Å². The summed E-state index contributed by atoms with van der Waals surface area (Å²) in [7, 11) is 1.62. The van der Waals surface area contributed by atoms with Gasteiger partial charge in [-0.05, 0) is 55.5 Å². The molecule has 0 radical (unpaired) electrons. The minimum absolute atomic E-state index is 0.167. The summed E-state index contributed by atoms with van der Waals surface area (Å²) in [6, 6.07) is 9.75. The van der Waals surface area contributed by atoms with Crippen molar-refractivity contribution in [2.75, 3.05) is 18.2 Å². The molecule has 0 atom stereocenters. The summed E-state index contributed by atoms with van der Waals surface area (Å²) >= 11 is 2.70. The number of rotatable bonds is 5. The highest BCUT2D eigenvalue weighted by molar-refractivity contribution is 8.00. The first kappa shape index (κ1) is 18.7. The molecule has 0 bridgehead atoms. The maximum absolute atomic E-state index is 12.4. The molecular formula is C20H18N4O2S2. The number of hydrogen-bond acceptors (Lipinski definition) is 7. The number of aromatic nitrogens is 2.